The first-order chi connectivity index (χ1) is 12.7. The molecule has 1 aliphatic heterocycles. The van der Waals surface area contributed by atoms with E-state index in [1.165, 1.54) is 0 Å². The zero-order valence-electron chi connectivity index (χ0n) is 14.4. The van der Waals surface area contributed by atoms with Crippen LogP contribution in [0.2, 0.25) is 0 Å². The van der Waals surface area contributed by atoms with Gasteiger partial charge in [-0.05, 0) is 31.5 Å². The van der Waals surface area contributed by atoms with E-state index in [0.717, 1.165) is 18.7 Å². The number of nitrogens with zero attached hydrogens (tertiary/aromatic N) is 5. The third kappa shape index (κ3) is 3.30. The largest absolute Gasteiger partial charge is 0.490 e. The van der Waals surface area contributed by atoms with Crippen molar-refractivity contribution in [3.8, 4) is 5.75 Å². The van der Waals surface area contributed by atoms with E-state index in [-0.39, 0.29) is 17.7 Å². The van der Waals surface area contributed by atoms with Crippen LogP contribution in [0.15, 0.2) is 47.4 Å². The second kappa shape index (κ2) is 6.99. The summed E-state index contributed by atoms with van der Waals surface area (Å²) in [6.45, 7) is 3.33. The van der Waals surface area contributed by atoms with E-state index in [1.54, 1.807) is 36.5 Å². The molecular weight excluding hydrogens is 334 g/mol. The normalized spacial score (nSPS) is 16.8. The molecule has 0 fully saturated rings. The topological polar surface area (TPSA) is 86.3 Å². The molecule has 1 amide bonds. The highest BCUT2D eigenvalue weighted by Crippen LogP contribution is 2.21. The summed E-state index contributed by atoms with van der Waals surface area (Å²) in [5.74, 6) is 0.722. The maximum Gasteiger partial charge on any atom is 0.293 e. The molecule has 3 aromatic rings. The van der Waals surface area contributed by atoms with Gasteiger partial charge in [0.05, 0.1) is 30.2 Å². The number of carbonyl (C=O) groups is 1. The summed E-state index contributed by atoms with van der Waals surface area (Å²) in [5, 5.41) is 8.16. The molecule has 4 heterocycles. The third-order valence-electron chi connectivity index (χ3n) is 4.43. The van der Waals surface area contributed by atoms with Crippen molar-refractivity contribution < 1.29 is 14.1 Å². The van der Waals surface area contributed by atoms with E-state index in [1.807, 2.05) is 22.9 Å². The average Bonchev–Trinajstić information content (AvgIpc) is 3.26. The molecule has 0 N–H and O–H groups in total. The van der Waals surface area contributed by atoms with E-state index < -0.39 is 0 Å². The maximum atomic E-state index is 13.0. The lowest BCUT2D eigenvalue weighted by molar-refractivity contribution is 0.0548. The number of aromatic nitrogens is 4. The van der Waals surface area contributed by atoms with Crippen molar-refractivity contribution in [2.24, 2.45) is 0 Å². The molecule has 0 radical (unpaired) electrons. The minimum absolute atomic E-state index is 0.116. The Labute approximate surface area is 150 Å². The lowest BCUT2D eigenvalue weighted by Crippen LogP contribution is -2.42. The Morgan fingerprint density at radius 1 is 1.38 bits per heavy atom. The van der Waals surface area contributed by atoms with E-state index in [2.05, 4.69) is 15.2 Å². The summed E-state index contributed by atoms with van der Waals surface area (Å²) in [7, 11) is 0. The van der Waals surface area contributed by atoms with Crippen LogP contribution in [0.5, 0.6) is 5.75 Å². The highest BCUT2D eigenvalue weighted by atomic mass is 16.5. The summed E-state index contributed by atoms with van der Waals surface area (Å²) in [6.07, 6.45) is 5.84. The highest BCUT2D eigenvalue weighted by molar-refractivity contribution is 5.91. The number of fused-ring (bicyclic) bond motifs is 1. The average molecular weight is 353 g/mol. The molecule has 0 spiro atoms. The van der Waals surface area contributed by atoms with Crippen molar-refractivity contribution in [1.29, 1.82) is 0 Å². The van der Waals surface area contributed by atoms with Gasteiger partial charge in [-0.3, -0.25) is 14.5 Å². The molecule has 0 aliphatic carbocycles. The third-order valence-corrected chi connectivity index (χ3v) is 4.43. The van der Waals surface area contributed by atoms with Gasteiger partial charge in [0, 0.05) is 25.0 Å². The van der Waals surface area contributed by atoms with Crippen LogP contribution in [0.25, 0.3) is 0 Å². The fourth-order valence-electron chi connectivity index (χ4n) is 3.07. The smallest absolute Gasteiger partial charge is 0.293 e. The Morgan fingerprint density at radius 2 is 2.31 bits per heavy atom. The Hall–Kier alpha value is -3.16. The van der Waals surface area contributed by atoms with Gasteiger partial charge in [-0.1, -0.05) is 5.16 Å². The lowest BCUT2D eigenvalue weighted by Gasteiger charge is -2.28. The van der Waals surface area contributed by atoms with Gasteiger partial charge < -0.3 is 14.2 Å². The summed E-state index contributed by atoms with van der Waals surface area (Å²) < 4.78 is 13.0. The molecule has 26 heavy (non-hydrogen) atoms. The van der Waals surface area contributed by atoms with Gasteiger partial charge in [0.25, 0.3) is 5.91 Å². The van der Waals surface area contributed by atoms with Crippen molar-refractivity contribution in [3.05, 3.63) is 60.0 Å². The summed E-state index contributed by atoms with van der Waals surface area (Å²) in [6, 6.07) is 7.13. The molecule has 0 saturated heterocycles. The summed E-state index contributed by atoms with van der Waals surface area (Å²) in [4.78, 5) is 18.8. The second-order valence-electron chi connectivity index (χ2n) is 6.25. The van der Waals surface area contributed by atoms with Gasteiger partial charge in [0.15, 0.2) is 0 Å². The molecular formula is C18H19N5O3. The van der Waals surface area contributed by atoms with Crippen LogP contribution in [-0.2, 0) is 13.1 Å². The predicted molar refractivity (Wildman–Crippen MR) is 91.5 cm³/mol. The fourth-order valence-corrected chi connectivity index (χ4v) is 3.07. The van der Waals surface area contributed by atoms with Crippen LogP contribution >= 0.6 is 0 Å². The van der Waals surface area contributed by atoms with Crippen LogP contribution in [0.1, 0.15) is 28.4 Å². The number of carbonyl (C=O) groups excluding carboxylic acids is 1. The molecule has 8 nitrogen and oxygen atoms in total. The molecule has 134 valence electrons. The van der Waals surface area contributed by atoms with Crippen LogP contribution in [0.4, 0.5) is 0 Å². The van der Waals surface area contributed by atoms with Gasteiger partial charge >= 0.3 is 0 Å². The van der Waals surface area contributed by atoms with Crippen LogP contribution in [-0.4, -0.2) is 43.4 Å². The molecule has 8 heteroatoms. The van der Waals surface area contributed by atoms with Crippen LogP contribution in [0.3, 0.4) is 0 Å². The molecule has 0 aromatic carbocycles. The number of hydrogen-bond acceptors (Lipinski definition) is 6. The zero-order chi connectivity index (χ0) is 17.9. The van der Waals surface area contributed by atoms with Crippen LogP contribution in [0, 0.1) is 6.92 Å². The first-order valence-corrected chi connectivity index (χ1v) is 8.48. The number of amides is 1. The molecule has 0 bridgehead atoms. The quantitative estimate of drug-likeness (QED) is 0.714. The predicted octanol–water partition coefficient (Wildman–Crippen LogP) is 2.07. The minimum atomic E-state index is -0.194. The van der Waals surface area contributed by atoms with Gasteiger partial charge in [0.1, 0.15) is 12.4 Å². The van der Waals surface area contributed by atoms with Gasteiger partial charge in [0.2, 0.25) is 5.76 Å². The number of rotatable bonds is 4. The Morgan fingerprint density at radius 3 is 3.08 bits per heavy atom. The van der Waals surface area contributed by atoms with E-state index >= 15 is 0 Å². The van der Waals surface area contributed by atoms with Crippen molar-refractivity contribution in [2.75, 3.05) is 6.61 Å². The van der Waals surface area contributed by atoms with Crippen LogP contribution < -0.4 is 4.74 Å². The summed E-state index contributed by atoms with van der Waals surface area (Å²) >= 11 is 0. The van der Waals surface area contributed by atoms with Crippen molar-refractivity contribution >= 4 is 5.91 Å². The molecule has 4 rings (SSSR count). The standard InChI is InChI=1S/C18H19N5O3/c1-13-9-17(26-21-13)18(24)22-11-14-4-7-20-23(14)8-5-15(22)12-25-16-3-2-6-19-10-16/h2-4,6-7,9-10,15H,5,8,11-12H2,1H3. The molecule has 0 saturated carbocycles. The SMILES string of the molecule is Cc1cc(C(=O)N2Cc3ccnn3CCC2COc2cccnc2)on1. The number of aryl methyl sites for hydroxylation is 2. The fraction of sp³-hybridized carbons (Fsp3) is 0.333. The Bertz CT molecular complexity index is 889. The molecule has 1 aliphatic rings. The first kappa shape index (κ1) is 16.3. The van der Waals surface area contributed by atoms with Gasteiger partial charge in [-0.25, -0.2) is 0 Å². The number of hydrogen-bond donors (Lipinski definition) is 0. The van der Waals surface area contributed by atoms with E-state index in [0.29, 0.717) is 24.6 Å². The maximum absolute atomic E-state index is 13.0. The molecule has 1 unspecified atom stereocenters. The van der Waals surface area contributed by atoms with Gasteiger partial charge in [-0.15, -0.1) is 0 Å². The highest BCUT2D eigenvalue weighted by Gasteiger charge is 2.31. The summed E-state index contributed by atoms with van der Waals surface area (Å²) in [5.41, 5.74) is 1.66. The Kier molecular flexibility index (Phi) is 4.39. The number of pyridine rings is 1. The zero-order valence-corrected chi connectivity index (χ0v) is 14.4. The van der Waals surface area contributed by atoms with Gasteiger partial charge in [-0.2, -0.15) is 5.10 Å². The van der Waals surface area contributed by atoms with E-state index in [4.69, 9.17) is 9.26 Å². The minimum Gasteiger partial charge on any atom is -0.490 e. The molecule has 1 atom stereocenters. The second-order valence-corrected chi connectivity index (χ2v) is 6.25. The van der Waals surface area contributed by atoms with Crippen molar-refractivity contribution in [1.82, 2.24) is 24.8 Å². The monoisotopic (exact) mass is 353 g/mol. The first-order valence-electron chi connectivity index (χ1n) is 8.48. The Balaban J connectivity index is 1.57. The van der Waals surface area contributed by atoms with Crippen molar-refractivity contribution in [3.63, 3.8) is 0 Å². The number of ether oxygens (including phenoxy) is 1. The van der Waals surface area contributed by atoms with E-state index in [9.17, 15) is 4.79 Å². The van der Waals surface area contributed by atoms with Crippen molar-refractivity contribution in [2.45, 2.75) is 32.5 Å². The lowest BCUT2D eigenvalue weighted by atomic mass is 10.1. The molecule has 3 aromatic heterocycles.